The fourth-order valence-electron chi connectivity index (χ4n) is 2.31. The molecule has 0 bridgehead atoms. The minimum Gasteiger partial charge on any atom is -0.196 e. The molecule has 1 aliphatic rings. The van der Waals surface area contributed by atoms with Crippen LogP contribution in [0.5, 0.6) is 0 Å². The lowest BCUT2D eigenvalue weighted by Crippen LogP contribution is -2.22. The fraction of sp³-hybridized carbons (Fsp3) is 0.923. The zero-order valence-corrected chi connectivity index (χ0v) is 10.7. The number of rotatable bonds is 4. The summed E-state index contributed by atoms with van der Waals surface area (Å²) >= 11 is 0. The van der Waals surface area contributed by atoms with Crippen molar-refractivity contribution in [1.29, 1.82) is 5.26 Å². The third-order valence-corrected chi connectivity index (χ3v) is 3.06. The van der Waals surface area contributed by atoms with Gasteiger partial charge in [0, 0.05) is 0 Å². The minimum absolute atomic E-state index is 0.369. The molecule has 0 saturated heterocycles. The minimum atomic E-state index is -0.619. The monoisotopic (exact) mass is 221 g/mol. The summed E-state index contributed by atoms with van der Waals surface area (Å²) in [6, 6.07) is 2.66. The summed E-state index contributed by atoms with van der Waals surface area (Å²) in [6.07, 6.45) is 6.93. The van der Waals surface area contributed by atoms with Gasteiger partial charge in [0.05, 0.1) is 12.1 Å². The normalized spacial score (nSPS) is 22.2. The Kier molecular flexibility index (Phi) is 4.92. The van der Waals surface area contributed by atoms with Gasteiger partial charge in [-0.15, -0.1) is 0 Å². The Morgan fingerprint density at radius 2 is 1.94 bits per heavy atom. The second-order valence-electron chi connectivity index (χ2n) is 5.49. The van der Waals surface area contributed by atoms with E-state index in [9.17, 15) is 0 Å². The lowest BCUT2D eigenvalue weighted by atomic mass is 9.93. The van der Waals surface area contributed by atoms with Gasteiger partial charge in [0.25, 0.3) is 0 Å². The van der Waals surface area contributed by atoms with Crippen molar-refractivity contribution in [2.45, 2.75) is 70.9 Å². The van der Waals surface area contributed by atoms with Crippen molar-refractivity contribution in [3.05, 3.63) is 0 Å². The Balaban J connectivity index is 2.54. The van der Waals surface area contributed by atoms with Crippen LogP contribution in [0.4, 0.5) is 0 Å². The zero-order chi connectivity index (χ0) is 12.0. The second-order valence-corrected chi connectivity index (χ2v) is 5.49. The standard InChI is InChI=1S/C13H23N3/c1-11(2)9-13(3,10-14)16-15-12-7-5-4-6-8-12/h11-12H,4-9H2,1-3H3. The largest absolute Gasteiger partial charge is 0.196 e. The van der Waals surface area contributed by atoms with Crippen molar-refractivity contribution in [2.75, 3.05) is 0 Å². The van der Waals surface area contributed by atoms with Gasteiger partial charge in [0.2, 0.25) is 0 Å². The zero-order valence-electron chi connectivity index (χ0n) is 10.7. The summed E-state index contributed by atoms with van der Waals surface area (Å²) in [5.41, 5.74) is -0.619. The first-order chi connectivity index (χ1) is 7.56. The highest BCUT2D eigenvalue weighted by Crippen LogP contribution is 2.24. The molecule has 1 aliphatic carbocycles. The summed E-state index contributed by atoms with van der Waals surface area (Å²) < 4.78 is 0. The number of nitriles is 1. The lowest BCUT2D eigenvalue weighted by molar-refractivity contribution is 0.388. The van der Waals surface area contributed by atoms with Crippen molar-refractivity contribution in [3.8, 4) is 6.07 Å². The van der Waals surface area contributed by atoms with Gasteiger partial charge in [0.15, 0.2) is 5.54 Å². The van der Waals surface area contributed by atoms with Gasteiger partial charge in [-0.1, -0.05) is 33.1 Å². The van der Waals surface area contributed by atoms with E-state index in [1.54, 1.807) is 0 Å². The first kappa shape index (κ1) is 13.2. The Hall–Kier alpha value is -0.910. The van der Waals surface area contributed by atoms with Crippen molar-refractivity contribution < 1.29 is 0 Å². The summed E-state index contributed by atoms with van der Waals surface area (Å²) in [6.45, 7) is 6.12. The quantitative estimate of drug-likeness (QED) is 0.659. The molecule has 1 fully saturated rings. The highest BCUT2D eigenvalue weighted by Gasteiger charge is 2.25. The van der Waals surface area contributed by atoms with Crippen molar-refractivity contribution in [2.24, 2.45) is 16.1 Å². The SMILES string of the molecule is CC(C)CC(C)(C#N)N=NC1CCCCC1. The van der Waals surface area contributed by atoms with E-state index < -0.39 is 5.54 Å². The molecule has 0 aromatic heterocycles. The molecule has 0 aliphatic heterocycles. The first-order valence-corrected chi connectivity index (χ1v) is 6.39. The Bertz CT molecular complexity index is 271. The van der Waals surface area contributed by atoms with Gasteiger partial charge in [-0.3, -0.25) is 0 Å². The summed E-state index contributed by atoms with van der Waals surface area (Å²) in [5.74, 6) is 0.481. The lowest BCUT2D eigenvalue weighted by Gasteiger charge is -2.20. The topological polar surface area (TPSA) is 48.5 Å². The fourth-order valence-corrected chi connectivity index (χ4v) is 2.31. The van der Waals surface area contributed by atoms with Crippen LogP contribution in [0.15, 0.2) is 10.2 Å². The molecule has 1 atom stereocenters. The predicted molar refractivity (Wildman–Crippen MR) is 65.2 cm³/mol. The Labute approximate surface area is 99.0 Å². The molecule has 0 radical (unpaired) electrons. The molecule has 1 unspecified atom stereocenters. The van der Waals surface area contributed by atoms with E-state index >= 15 is 0 Å². The third-order valence-electron chi connectivity index (χ3n) is 3.06. The molecular formula is C13H23N3. The molecule has 90 valence electrons. The molecule has 3 heteroatoms. The third kappa shape index (κ3) is 4.30. The van der Waals surface area contributed by atoms with Gasteiger partial charge >= 0.3 is 0 Å². The van der Waals surface area contributed by atoms with Crippen LogP contribution in [0.1, 0.15) is 59.3 Å². The van der Waals surface area contributed by atoms with Crippen LogP contribution in [0, 0.1) is 17.2 Å². The summed E-state index contributed by atoms with van der Waals surface area (Å²) in [7, 11) is 0. The molecule has 0 amide bonds. The Morgan fingerprint density at radius 1 is 1.31 bits per heavy atom. The highest BCUT2D eigenvalue weighted by atomic mass is 15.2. The van der Waals surface area contributed by atoms with Gasteiger partial charge < -0.3 is 0 Å². The van der Waals surface area contributed by atoms with Crippen molar-refractivity contribution in [3.63, 3.8) is 0 Å². The van der Waals surface area contributed by atoms with Gasteiger partial charge in [-0.25, -0.2) is 0 Å². The van der Waals surface area contributed by atoms with Crippen LogP contribution < -0.4 is 0 Å². The van der Waals surface area contributed by atoms with Gasteiger partial charge in [-0.2, -0.15) is 15.5 Å². The van der Waals surface area contributed by atoms with Crippen LogP contribution in [0.2, 0.25) is 0 Å². The molecule has 0 N–H and O–H groups in total. The van der Waals surface area contributed by atoms with E-state index in [2.05, 4.69) is 30.1 Å². The van der Waals surface area contributed by atoms with Gasteiger partial charge in [0.1, 0.15) is 0 Å². The van der Waals surface area contributed by atoms with Crippen LogP contribution in [0.25, 0.3) is 0 Å². The number of hydrogen-bond donors (Lipinski definition) is 0. The van der Waals surface area contributed by atoms with Crippen LogP contribution in [-0.4, -0.2) is 11.6 Å². The van der Waals surface area contributed by atoms with Crippen LogP contribution in [0.3, 0.4) is 0 Å². The average molecular weight is 221 g/mol. The molecular weight excluding hydrogens is 198 g/mol. The van der Waals surface area contributed by atoms with Crippen molar-refractivity contribution in [1.82, 2.24) is 0 Å². The molecule has 0 heterocycles. The molecule has 0 aromatic carbocycles. The number of azo groups is 1. The van der Waals surface area contributed by atoms with E-state index in [-0.39, 0.29) is 0 Å². The molecule has 3 nitrogen and oxygen atoms in total. The van der Waals surface area contributed by atoms with E-state index in [1.165, 1.54) is 19.3 Å². The van der Waals surface area contributed by atoms with Crippen LogP contribution >= 0.6 is 0 Å². The molecule has 1 rings (SSSR count). The van der Waals surface area contributed by atoms with Crippen molar-refractivity contribution >= 4 is 0 Å². The second kappa shape index (κ2) is 5.98. The van der Waals surface area contributed by atoms with Crippen LogP contribution in [-0.2, 0) is 0 Å². The molecule has 16 heavy (non-hydrogen) atoms. The maximum absolute atomic E-state index is 9.16. The number of hydrogen-bond acceptors (Lipinski definition) is 3. The van der Waals surface area contributed by atoms with Gasteiger partial charge in [-0.05, 0) is 32.1 Å². The molecule has 0 spiro atoms. The first-order valence-electron chi connectivity index (χ1n) is 6.39. The predicted octanol–water partition coefficient (Wildman–Crippen LogP) is 4.10. The smallest absolute Gasteiger partial charge is 0.164 e. The maximum Gasteiger partial charge on any atom is 0.164 e. The summed E-state index contributed by atoms with van der Waals surface area (Å²) in [5, 5.41) is 17.8. The summed E-state index contributed by atoms with van der Waals surface area (Å²) in [4.78, 5) is 0. The highest BCUT2D eigenvalue weighted by molar-refractivity contribution is 5.03. The van der Waals surface area contributed by atoms with E-state index in [1.807, 2.05) is 6.92 Å². The van der Waals surface area contributed by atoms with E-state index in [0.717, 1.165) is 19.3 Å². The Morgan fingerprint density at radius 3 is 2.44 bits per heavy atom. The van der Waals surface area contributed by atoms with E-state index in [0.29, 0.717) is 12.0 Å². The molecule has 0 aromatic rings. The van der Waals surface area contributed by atoms with E-state index in [4.69, 9.17) is 5.26 Å². The number of nitrogens with zero attached hydrogens (tertiary/aromatic N) is 3. The maximum atomic E-state index is 9.16. The molecule has 1 saturated carbocycles. The average Bonchev–Trinajstić information content (AvgIpc) is 2.27.